The lowest BCUT2D eigenvalue weighted by molar-refractivity contribution is -0.129. The summed E-state index contributed by atoms with van der Waals surface area (Å²) in [6, 6.07) is 11.2. The van der Waals surface area contributed by atoms with Crippen LogP contribution in [0.1, 0.15) is 43.6 Å². The van der Waals surface area contributed by atoms with Crippen LogP contribution in [0.5, 0.6) is 5.75 Å². The smallest absolute Gasteiger partial charge is 0.230 e. The number of carbonyl (C=O) groups excluding carboxylic acids is 2. The Morgan fingerprint density at radius 3 is 2.65 bits per heavy atom. The molecular weight excluding hydrogens is 439 g/mol. The number of hydrogen-bond acceptors (Lipinski definition) is 6. The van der Waals surface area contributed by atoms with E-state index >= 15 is 0 Å². The number of rotatable bonds is 8. The largest absolute Gasteiger partial charge is 0.497 e. The van der Waals surface area contributed by atoms with Gasteiger partial charge in [0.15, 0.2) is 5.82 Å². The summed E-state index contributed by atoms with van der Waals surface area (Å²) >= 11 is 0. The van der Waals surface area contributed by atoms with Crippen molar-refractivity contribution in [3.05, 3.63) is 59.7 Å². The van der Waals surface area contributed by atoms with Gasteiger partial charge in [-0.2, -0.15) is 4.68 Å². The number of ether oxygens (including phenoxy) is 1. The van der Waals surface area contributed by atoms with E-state index in [0.29, 0.717) is 23.8 Å². The maximum atomic E-state index is 14.4. The van der Waals surface area contributed by atoms with Crippen molar-refractivity contribution in [2.45, 2.75) is 39.2 Å². The Kier molecular flexibility index (Phi) is 6.85. The van der Waals surface area contributed by atoms with Crippen LogP contribution in [0.2, 0.25) is 0 Å². The third-order valence-corrected chi connectivity index (χ3v) is 6.05. The molecule has 0 bridgehead atoms. The van der Waals surface area contributed by atoms with E-state index in [0.717, 1.165) is 18.4 Å². The molecule has 0 aliphatic carbocycles. The molecule has 1 fully saturated rings. The number of benzene rings is 2. The standard InChI is InChI=1S/C24H27FN6O3/c1-4-5-12-30-22(32)14-19(23(30)16-6-9-18(34-3)10-7-16)24(33)26-17-8-11-20(25)21(13-17)31-15(2)27-28-29-31/h6-11,13,19,23H,4-5,12,14H2,1-3H3,(H,26,33). The Balaban J connectivity index is 1.61. The maximum Gasteiger partial charge on any atom is 0.230 e. The van der Waals surface area contributed by atoms with Gasteiger partial charge < -0.3 is 15.0 Å². The lowest BCUT2D eigenvalue weighted by Crippen LogP contribution is -2.33. The first-order valence-electron chi connectivity index (χ1n) is 11.2. The second-order valence-electron chi connectivity index (χ2n) is 8.26. The zero-order valence-electron chi connectivity index (χ0n) is 19.4. The molecule has 10 heteroatoms. The summed E-state index contributed by atoms with van der Waals surface area (Å²) in [5, 5.41) is 14.0. The molecule has 3 aromatic rings. The lowest BCUT2D eigenvalue weighted by Gasteiger charge is -2.28. The third kappa shape index (κ3) is 4.61. The number of methoxy groups -OCH3 is 1. The van der Waals surface area contributed by atoms with Crippen molar-refractivity contribution in [1.82, 2.24) is 25.1 Å². The number of likely N-dealkylation sites (tertiary alicyclic amines) is 1. The highest BCUT2D eigenvalue weighted by Gasteiger charge is 2.44. The highest BCUT2D eigenvalue weighted by atomic mass is 19.1. The van der Waals surface area contributed by atoms with Crippen LogP contribution in [0.3, 0.4) is 0 Å². The van der Waals surface area contributed by atoms with Crippen LogP contribution in [-0.2, 0) is 9.59 Å². The number of aryl methyl sites for hydroxylation is 1. The number of anilines is 1. The van der Waals surface area contributed by atoms with Gasteiger partial charge in [0.25, 0.3) is 0 Å². The third-order valence-electron chi connectivity index (χ3n) is 6.05. The average Bonchev–Trinajstić information content (AvgIpc) is 3.41. The van der Waals surface area contributed by atoms with Crippen molar-refractivity contribution >= 4 is 17.5 Å². The predicted molar refractivity (Wildman–Crippen MR) is 123 cm³/mol. The molecule has 178 valence electrons. The Morgan fingerprint density at radius 2 is 2.00 bits per heavy atom. The van der Waals surface area contributed by atoms with Gasteiger partial charge in [-0.3, -0.25) is 9.59 Å². The molecule has 9 nitrogen and oxygen atoms in total. The molecule has 0 radical (unpaired) electrons. The van der Waals surface area contributed by atoms with E-state index in [9.17, 15) is 14.0 Å². The molecule has 2 heterocycles. The number of carbonyl (C=O) groups is 2. The first kappa shape index (κ1) is 23.3. The second-order valence-corrected chi connectivity index (χ2v) is 8.26. The Bertz CT molecular complexity index is 1180. The van der Waals surface area contributed by atoms with Crippen LogP contribution in [-0.4, -0.2) is 50.6 Å². The number of unbranched alkanes of at least 4 members (excludes halogenated alkanes) is 1. The molecule has 1 aliphatic heterocycles. The van der Waals surface area contributed by atoms with E-state index in [1.165, 1.54) is 22.9 Å². The molecule has 1 aromatic heterocycles. The van der Waals surface area contributed by atoms with E-state index in [4.69, 9.17) is 4.74 Å². The normalized spacial score (nSPS) is 17.8. The van der Waals surface area contributed by atoms with E-state index < -0.39 is 17.8 Å². The highest BCUT2D eigenvalue weighted by molar-refractivity contribution is 5.98. The summed E-state index contributed by atoms with van der Waals surface area (Å²) in [6.45, 7) is 4.29. The monoisotopic (exact) mass is 466 g/mol. The van der Waals surface area contributed by atoms with Gasteiger partial charge >= 0.3 is 0 Å². The molecule has 1 aliphatic rings. The lowest BCUT2D eigenvalue weighted by atomic mass is 9.92. The minimum Gasteiger partial charge on any atom is -0.497 e. The van der Waals surface area contributed by atoms with Gasteiger partial charge in [-0.15, -0.1) is 5.10 Å². The molecule has 0 saturated carbocycles. The number of hydrogen-bond donors (Lipinski definition) is 1. The van der Waals surface area contributed by atoms with E-state index in [1.807, 2.05) is 24.3 Å². The number of aromatic nitrogens is 4. The average molecular weight is 467 g/mol. The zero-order chi connectivity index (χ0) is 24.2. The fraction of sp³-hybridized carbons (Fsp3) is 0.375. The molecular formula is C24H27FN6O3. The van der Waals surface area contributed by atoms with Gasteiger partial charge in [0, 0.05) is 18.7 Å². The van der Waals surface area contributed by atoms with Gasteiger partial charge in [-0.25, -0.2) is 4.39 Å². The van der Waals surface area contributed by atoms with Gasteiger partial charge in [-0.05, 0) is 59.7 Å². The van der Waals surface area contributed by atoms with Crippen LogP contribution in [0, 0.1) is 18.7 Å². The van der Waals surface area contributed by atoms with E-state index in [1.54, 1.807) is 18.9 Å². The zero-order valence-corrected chi connectivity index (χ0v) is 19.4. The van der Waals surface area contributed by atoms with Crippen molar-refractivity contribution in [3.63, 3.8) is 0 Å². The molecule has 4 rings (SSSR count). The summed E-state index contributed by atoms with van der Waals surface area (Å²) < 4.78 is 20.9. The second kappa shape index (κ2) is 9.98. The highest BCUT2D eigenvalue weighted by Crippen LogP contribution is 2.39. The molecule has 2 unspecified atom stereocenters. The maximum absolute atomic E-state index is 14.4. The summed E-state index contributed by atoms with van der Waals surface area (Å²) in [4.78, 5) is 28.1. The Hall–Kier alpha value is -3.82. The molecule has 1 N–H and O–H groups in total. The molecule has 2 aromatic carbocycles. The van der Waals surface area contributed by atoms with E-state index in [2.05, 4.69) is 27.8 Å². The van der Waals surface area contributed by atoms with Crippen LogP contribution < -0.4 is 10.1 Å². The molecule has 2 atom stereocenters. The topological polar surface area (TPSA) is 102 Å². The number of nitrogens with one attached hydrogen (secondary N) is 1. The van der Waals surface area contributed by atoms with Crippen LogP contribution in [0.4, 0.5) is 10.1 Å². The fourth-order valence-corrected chi connectivity index (χ4v) is 4.27. The van der Waals surface area contributed by atoms with E-state index in [-0.39, 0.29) is 23.9 Å². The van der Waals surface area contributed by atoms with Crippen LogP contribution >= 0.6 is 0 Å². The molecule has 2 amide bonds. The quantitative estimate of drug-likeness (QED) is 0.546. The molecule has 1 saturated heterocycles. The van der Waals surface area contributed by atoms with Crippen molar-refractivity contribution in [2.75, 3.05) is 19.0 Å². The fourth-order valence-electron chi connectivity index (χ4n) is 4.27. The Labute approximate surface area is 196 Å². The summed E-state index contributed by atoms with van der Waals surface area (Å²) in [7, 11) is 1.59. The number of nitrogens with zero attached hydrogens (tertiary/aromatic N) is 5. The van der Waals surface area contributed by atoms with Gasteiger partial charge in [0.05, 0.1) is 19.1 Å². The summed E-state index contributed by atoms with van der Waals surface area (Å²) in [5.41, 5.74) is 1.38. The van der Waals surface area contributed by atoms with Crippen molar-refractivity contribution < 1.29 is 18.7 Å². The number of halogens is 1. The first-order chi connectivity index (χ1) is 16.4. The van der Waals surface area contributed by atoms with Crippen molar-refractivity contribution in [2.24, 2.45) is 5.92 Å². The van der Waals surface area contributed by atoms with Crippen molar-refractivity contribution in [3.8, 4) is 11.4 Å². The van der Waals surface area contributed by atoms with Crippen molar-refractivity contribution in [1.29, 1.82) is 0 Å². The number of tetrazole rings is 1. The SMILES string of the molecule is CCCCN1C(=O)CC(C(=O)Nc2ccc(F)c(-n3nnnc3C)c2)C1c1ccc(OC)cc1. The first-order valence-corrected chi connectivity index (χ1v) is 11.2. The van der Waals surface area contributed by atoms with Crippen LogP contribution in [0.25, 0.3) is 5.69 Å². The summed E-state index contributed by atoms with van der Waals surface area (Å²) in [5.74, 6) is -0.370. The van der Waals surface area contributed by atoms with Gasteiger partial charge in [-0.1, -0.05) is 25.5 Å². The molecule has 0 spiro atoms. The minimum absolute atomic E-state index is 0.0569. The molecule has 34 heavy (non-hydrogen) atoms. The summed E-state index contributed by atoms with van der Waals surface area (Å²) in [6.07, 6.45) is 1.89. The van der Waals surface area contributed by atoms with Crippen LogP contribution in [0.15, 0.2) is 42.5 Å². The van der Waals surface area contributed by atoms with Gasteiger partial charge in [0.1, 0.15) is 17.3 Å². The van der Waals surface area contributed by atoms with Gasteiger partial charge in [0.2, 0.25) is 11.8 Å². The predicted octanol–water partition coefficient (Wildman–Crippen LogP) is 3.45. The minimum atomic E-state index is -0.596. The number of amides is 2. The Morgan fingerprint density at radius 1 is 1.24 bits per heavy atom.